The summed E-state index contributed by atoms with van der Waals surface area (Å²) in [5.41, 5.74) is 2.38. The Hall–Kier alpha value is -1.03. The Kier molecular flexibility index (Phi) is 3.29. The third-order valence-corrected chi connectivity index (χ3v) is 4.93. The highest BCUT2D eigenvalue weighted by atomic mass is 35.5. The molecule has 1 aromatic carbocycles. The van der Waals surface area contributed by atoms with Crippen molar-refractivity contribution in [3.8, 4) is 0 Å². The normalized spacial score (nSPS) is 12.8. The Labute approximate surface area is 119 Å². The minimum Gasteiger partial charge on any atom is -0.378 e. The number of hydrogen-bond donors (Lipinski definition) is 1. The average molecular weight is 294 g/mol. The topological polar surface area (TPSA) is 12.0 Å². The number of halogens is 1. The molecule has 0 bridgehead atoms. The molecule has 0 fully saturated rings. The molecule has 0 aliphatic rings. The van der Waals surface area contributed by atoms with Gasteiger partial charge in [0.1, 0.15) is 0 Å². The zero-order valence-corrected chi connectivity index (χ0v) is 12.2. The van der Waals surface area contributed by atoms with E-state index in [2.05, 4.69) is 47.3 Å². The van der Waals surface area contributed by atoms with Crippen molar-refractivity contribution in [2.75, 3.05) is 5.32 Å². The van der Waals surface area contributed by atoms with Crippen LogP contribution in [0.15, 0.2) is 41.1 Å². The van der Waals surface area contributed by atoms with E-state index in [0.29, 0.717) is 0 Å². The molecule has 0 saturated carbocycles. The Morgan fingerprint density at radius 3 is 2.83 bits per heavy atom. The zero-order chi connectivity index (χ0) is 12.5. The summed E-state index contributed by atoms with van der Waals surface area (Å²) in [7, 11) is 0. The molecular formula is C14H12ClNS2. The molecule has 0 aliphatic heterocycles. The van der Waals surface area contributed by atoms with Crippen LogP contribution in [-0.4, -0.2) is 0 Å². The molecule has 1 nitrogen and oxygen atoms in total. The summed E-state index contributed by atoms with van der Waals surface area (Å²) in [5, 5.41) is 9.02. The van der Waals surface area contributed by atoms with Crippen molar-refractivity contribution in [2.24, 2.45) is 0 Å². The van der Waals surface area contributed by atoms with Crippen molar-refractivity contribution in [2.45, 2.75) is 13.0 Å². The maximum Gasteiger partial charge on any atom is 0.0931 e. The van der Waals surface area contributed by atoms with Crippen molar-refractivity contribution < 1.29 is 0 Å². The van der Waals surface area contributed by atoms with Crippen LogP contribution in [0.2, 0.25) is 4.34 Å². The van der Waals surface area contributed by atoms with E-state index in [4.69, 9.17) is 11.6 Å². The Morgan fingerprint density at radius 2 is 2.06 bits per heavy atom. The number of fused-ring (bicyclic) bond motifs is 1. The summed E-state index contributed by atoms with van der Waals surface area (Å²) in [6, 6.07) is 10.9. The molecule has 0 saturated heterocycles. The van der Waals surface area contributed by atoms with Crippen molar-refractivity contribution >= 4 is 50.0 Å². The first-order valence-electron chi connectivity index (χ1n) is 5.70. The van der Waals surface area contributed by atoms with Gasteiger partial charge >= 0.3 is 0 Å². The van der Waals surface area contributed by atoms with E-state index in [1.54, 1.807) is 22.7 Å². The van der Waals surface area contributed by atoms with Gasteiger partial charge in [-0.05, 0) is 59.0 Å². The number of rotatable bonds is 3. The summed E-state index contributed by atoms with van der Waals surface area (Å²) in [6.07, 6.45) is 0. The van der Waals surface area contributed by atoms with Crippen molar-refractivity contribution in [3.63, 3.8) is 0 Å². The molecule has 0 spiro atoms. The maximum absolute atomic E-state index is 5.96. The summed E-state index contributed by atoms with van der Waals surface area (Å²) in [4.78, 5) is 0. The van der Waals surface area contributed by atoms with Gasteiger partial charge in [0.25, 0.3) is 0 Å². The molecule has 4 heteroatoms. The molecule has 1 N–H and O–H groups in total. The van der Waals surface area contributed by atoms with Crippen LogP contribution >= 0.6 is 34.3 Å². The number of benzene rings is 1. The summed E-state index contributed by atoms with van der Waals surface area (Å²) in [6.45, 7) is 2.15. The van der Waals surface area contributed by atoms with Crippen LogP contribution < -0.4 is 5.32 Å². The second-order valence-electron chi connectivity index (χ2n) is 4.22. The number of nitrogens with one attached hydrogen (secondary N) is 1. The quantitative estimate of drug-likeness (QED) is 0.644. The SMILES string of the molecule is CC(Nc1ccc2sccc2c1)c1csc(Cl)c1. The molecule has 0 aliphatic carbocycles. The zero-order valence-electron chi connectivity index (χ0n) is 9.81. The smallest absolute Gasteiger partial charge is 0.0931 e. The fraction of sp³-hybridized carbons (Fsp3) is 0.143. The predicted octanol–water partition coefficient (Wildman–Crippen LogP) is 5.79. The standard InChI is InChI=1S/C14H12ClNS2/c1-9(11-7-14(15)18-8-11)16-12-2-3-13-10(6-12)4-5-17-13/h2-9,16H,1H3. The Morgan fingerprint density at radius 1 is 1.17 bits per heavy atom. The minimum absolute atomic E-state index is 0.268. The molecule has 0 radical (unpaired) electrons. The van der Waals surface area contributed by atoms with Crippen LogP contribution in [-0.2, 0) is 0 Å². The molecule has 92 valence electrons. The summed E-state index contributed by atoms with van der Waals surface area (Å²) in [5.74, 6) is 0. The third-order valence-electron chi connectivity index (χ3n) is 2.92. The van der Waals surface area contributed by atoms with Crippen molar-refractivity contribution in [1.29, 1.82) is 0 Å². The highest BCUT2D eigenvalue weighted by Crippen LogP contribution is 2.29. The lowest BCUT2D eigenvalue weighted by Crippen LogP contribution is -2.05. The van der Waals surface area contributed by atoms with Crippen LogP contribution in [0.5, 0.6) is 0 Å². The molecule has 0 amide bonds. The van der Waals surface area contributed by atoms with Gasteiger partial charge < -0.3 is 5.32 Å². The van der Waals surface area contributed by atoms with Crippen molar-refractivity contribution in [1.82, 2.24) is 0 Å². The van der Waals surface area contributed by atoms with E-state index < -0.39 is 0 Å². The van der Waals surface area contributed by atoms with Gasteiger partial charge in [0.2, 0.25) is 0 Å². The van der Waals surface area contributed by atoms with Gasteiger partial charge in [0, 0.05) is 16.4 Å². The molecule has 3 rings (SSSR count). The van der Waals surface area contributed by atoms with E-state index in [1.165, 1.54) is 15.6 Å². The van der Waals surface area contributed by atoms with Gasteiger partial charge in [0.15, 0.2) is 0 Å². The van der Waals surface area contributed by atoms with E-state index in [-0.39, 0.29) is 6.04 Å². The first-order chi connectivity index (χ1) is 8.72. The molecule has 1 unspecified atom stereocenters. The fourth-order valence-corrected chi connectivity index (χ4v) is 3.70. The molecule has 2 aromatic heterocycles. The second-order valence-corrected chi connectivity index (χ2v) is 6.71. The lowest BCUT2D eigenvalue weighted by molar-refractivity contribution is 0.891. The van der Waals surface area contributed by atoms with Gasteiger partial charge in [-0.3, -0.25) is 0 Å². The van der Waals surface area contributed by atoms with Gasteiger partial charge in [-0.25, -0.2) is 0 Å². The van der Waals surface area contributed by atoms with Gasteiger partial charge in [0.05, 0.1) is 4.34 Å². The van der Waals surface area contributed by atoms with Gasteiger partial charge in [-0.15, -0.1) is 22.7 Å². The lowest BCUT2D eigenvalue weighted by atomic mass is 10.1. The van der Waals surface area contributed by atoms with E-state index in [0.717, 1.165) is 10.0 Å². The molecule has 3 aromatic rings. The summed E-state index contributed by atoms with van der Waals surface area (Å²) >= 11 is 9.31. The number of thiophene rings is 2. The third kappa shape index (κ3) is 2.39. The highest BCUT2D eigenvalue weighted by Gasteiger charge is 2.08. The van der Waals surface area contributed by atoms with E-state index in [1.807, 2.05) is 6.07 Å². The van der Waals surface area contributed by atoms with Crippen LogP contribution in [0.4, 0.5) is 5.69 Å². The number of anilines is 1. The molecular weight excluding hydrogens is 282 g/mol. The highest BCUT2D eigenvalue weighted by molar-refractivity contribution is 7.17. The maximum atomic E-state index is 5.96. The van der Waals surface area contributed by atoms with E-state index in [9.17, 15) is 0 Å². The average Bonchev–Trinajstić information content (AvgIpc) is 2.96. The molecule has 2 heterocycles. The van der Waals surface area contributed by atoms with Crippen LogP contribution in [0, 0.1) is 0 Å². The first-order valence-corrected chi connectivity index (χ1v) is 7.84. The fourth-order valence-electron chi connectivity index (χ4n) is 1.94. The predicted molar refractivity (Wildman–Crippen MR) is 83.2 cm³/mol. The minimum atomic E-state index is 0.268. The molecule has 18 heavy (non-hydrogen) atoms. The van der Waals surface area contributed by atoms with Crippen LogP contribution in [0.25, 0.3) is 10.1 Å². The Balaban J connectivity index is 1.83. The largest absolute Gasteiger partial charge is 0.378 e. The van der Waals surface area contributed by atoms with Crippen LogP contribution in [0.3, 0.4) is 0 Å². The van der Waals surface area contributed by atoms with E-state index >= 15 is 0 Å². The van der Waals surface area contributed by atoms with Crippen molar-refractivity contribution in [3.05, 3.63) is 51.0 Å². The summed E-state index contributed by atoms with van der Waals surface area (Å²) < 4.78 is 2.17. The lowest BCUT2D eigenvalue weighted by Gasteiger charge is -2.14. The van der Waals surface area contributed by atoms with Gasteiger partial charge in [-0.2, -0.15) is 0 Å². The monoisotopic (exact) mass is 293 g/mol. The first kappa shape index (κ1) is 12.0. The number of hydrogen-bond acceptors (Lipinski definition) is 3. The van der Waals surface area contributed by atoms with Crippen LogP contribution in [0.1, 0.15) is 18.5 Å². The molecule has 1 atom stereocenters. The second kappa shape index (κ2) is 4.92. The van der Waals surface area contributed by atoms with Gasteiger partial charge in [-0.1, -0.05) is 11.6 Å². The Bertz CT molecular complexity index is 671.